The third-order valence-corrected chi connectivity index (χ3v) is 2.31. The Balaban J connectivity index is 2.54. The molecule has 1 heterocycles. The molecule has 1 aromatic carbocycles. The number of nitrogen functional groups attached to an aromatic ring is 1. The molecule has 16 heavy (non-hydrogen) atoms. The summed E-state index contributed by atoms with van der Waals surface area (Å²) in [6.45, 7) is 0.226. The number of aliphatic hydroxyl groups is 1. The van der Waals surface area contributed by atoms with Crippen LogP contribution in [0.4, 0.5) is 10.1 Å². The molecule has 84 valence electrons. The van der Waals surface area contributed by atoms with Crippen molar-refractivity contribution in [2.75, 3.05) is 12.3 Å². The summed E-state index contributed by atoms with van der Waals surface area (Å²) in [7, 11) is 0. The van der Waals surface area contributed by atoms with Gasteiger partial charge < -0.3 is 10.8 Å². The van der Waals surface area contributed by atoms with Crippen molar-refractivity contribution in [3.05, 3.63) is 36.3 Å². The summed E-state index contributed by atoms with van der Waals surface area (Å²) in [6.07, 6.45) is 1.46. The Morgan fingerprint density at radius 3 is 2.81 bits per heavy atom. The van der Waals surface area contributed by atoms with E-state index < -0.39 is 0 Å². The fourth-order valence-corrected chi connectivity index (χ4v) is 1.61. The molecule has 0 saturated heterocycles. The molecule has 1 aromatic heterocycles. The van der Waals surface area contributed by atoms with E-state index in [0.29, 0.717) is 23.5 Å². The molecule has 4 nitrogen and oxygen atoms in total. The van der Waals surface area contributed by atoms with Gasteiger partial charge in [0.05, 0.1) is 30.7 Å². The topological polar surface area (TPSA) is 64.1 Å². The van der Waals surface area contributed by atoms with Crippen molar-refractivity contribution in [2.24, 2.45) is 0 Å². The lowest BCUT2D eigenvalue weighted by molar-refractivity contribution is 0.270. The normalized spacial score (nSPS) is 10.6. The van der Waals surface area contributed by atoms with Crippen LogP contribution in [-0.4, -0.2) is 21.5 Å². The van der Waals surface area contributed by atoms with E-state index in [1.165, 1.54) is 16.9 Å². The Hall–Kier alpha value is -1.88. The van der Waals surface area contributed by atoms with E-state index in [4.69, 9.17) is 10.8 Å². The van der Waals surface area contributed by atoms with Crippen molar-refractivity contribution in [2.45, 2.75) is 6.54 Å². The molecule has 5 heteroatoms. The maximum Gasteiger partial charge on any atom is 0.132 e. The van der Waals surface area contributed by atoms with Crippen LogP contribution in [0.1, 0.15) is 0 Å². The number of nitrogens with two attached hydrogens (primary N) is 1. The molecular formula is C11H12FN3O. The van der Waals surface area contributed by atoms with Gasteiger partial charge >= 0.3 is 0 Å². The summed E-state index contributed by atoms with van der Waals surface area (Å²) >= 11 is 0. The van der Waals surface area contributed by atoms with Crippen molar-refractivity contribution in [3.63, 3.8) is 0 Å². The summed E-state index contributed by atoms with van der Waals surface area (Å²) in [4.78, 5) is 0. The highest BCUT2D eigenvalue weighted by Gasteiger charge is 2.13. The Morgan fingerprint density at radius 1 is 1.38 bits per heavy atom. The number of hydrogen-bond acceptors (Lipinski definition) is 3. The van der Waals surface area contributed by atoms with E-state index in [0.717, 1.165) is 0 Å². The van der Waals surface area contributed by atoms with Crippen LogP contribution in [0.2, 0.25) is 0 Å². The first-order chi connectivity index (χ1) is 7.74. The molecule has 0 aliphatic rings. The third kappa shape index (κ3) is 1.77. The predicted octanol–water partition coefficient (Wildman–Crippen LogP) is 1.26. The number of rotatable bonds is 3. The minimum absolute atomic E-state index is 0.0669. The quantitative estimate of drug-likeness (QED) is 0.820. The van der Waals surface area contributed by atoms with E-state index in [1.54, 1.807) is 18.2 Å². The Labute approximate surface area is 92.1 Å². The summed E-state index contributed by atoms with van der Waals surface area (Å²) < 4.78 is 15.1. The van der Waals surface area contributed by atoms with Gasteiger partial charge in [-0.25, -0.2) is 4.39 Å². The maximum absolute atomic E-state index is 13.6. The van der Waals surface area contributed by atoms with Crippen molar-refractivity contribution in [3.8, 4) is 11.3 Å². The minimum Gasteiger partial charge on any atom is -0.396 e. The first-order valence-corrected chi connectivity index (χ1v) is 4.91. The molecule has 3 N–H and O–H groups in total. The molecule has 0 spiro atoms. The molecular weight excluding hydrogens is 209 g/mol. The summed E-state index contributed by atoms with van der Waals surface area (Å²) in [5, 5.41) is 12.9. The lowest BCUT2D eigenvalue weighted by atomic mass is 10.1. The number of nitrogens with zero attached hydrogens (tertiary/aromatic N) is 2. The zero-order valence-corrected chi connectivity index (χ0v) is 8.60. The zero-order chi connectivity index (χ0) is 11.5. The summed E-state index contributed by atoms with van der Waals surface area (Å²) in [6, 6.07) is 6.34. The van der Waals surface area contributed by atoms with Crippen LogP contribution in [0.25, 0.3) is 11.3 Å². The maximum atomic E-state index is 13.6. The SMILES string of the molecule is Nc1cnn(CCO)c1-c1ccccc1F. The number of aliphatic hydroxyl groups excluding tert-OH is 1. The third-order valence-electron chi connectivity index (χ3n) is 2.31. The lowest BCUT2D eigenvalue weighted by Crippen LogP contribution is -2.06. The van der Waals surface area contributed by atoms with Crippen LogP contribution in [0.5, 0.6) is 0 Å². The number of anilines is 1. The molecule has 0 unspecified atom stereocenters. The van der Waals surface area contributed by atoms with Gasteiger partial charge in [0.2, 0.25) is 0 Å². The zero-order valence-electron chi connectivity index (χ0n) is 8.60. The number of halogens is 1. The van der Waals surface area contributed by atoms with Crippen LogP contribution < -0.4 is 5.73 Å². The second kappa shape index (κ2) is 4.32. The van der Waals surface area contributed by atoms with E-state index in [1.807, 2.05) is 0 Å². The van der Waals surface area contributed by atoms with Crippen molar-refractivity contribution in [1.82, 2.24) is 9.78 Å². The number of hydrogen-bond donors (Lipinski definition) is 2. The fraction of sp³-hybridized carbons (Fsp3) is 0.182. The van der Waals surface area contributed by atoms with Gasteiger partial charge in [0.15, 0.2) is 0 Å². The molecule has 2 rings (SSSR count). The smallest absolute Gasteiger partial charge is 0.132 e. The first kappa shape index (κ1) is 10.6. The highest BCUT2D eigenvalue weighted by Crippen LogP contribution is 2.27. The average Bonchev–Trinajstić information content (AvgIpc) is 2.62. The largest absolute Gasteiger partial charge is 0.396 e. The van der Waals surface area contributed by atoms with Crippen LogP contribution in [0, 0.1) is 5.82 Å². The number of aromatic nitrogens is 2. The van der Waals surface area contributed by atoms with Crippen molar-refractivity contribution < 1.29 is 9.50 Å². The van der Waals surface area contributed by atoms with Gasteiger partial charge in [0.25, 0.3) is 0 Å². The van der Waals surface area contributed by atoms with Crippen molar-refractivity contribution >= 4 is 5.69 Å². The molecule has 0 fully saturated rings. The van der Waals surface area contributed by atoms with Gasteiger partial charge in [0, 0.05) is 5.56 Å². The molecule has 0 atom stereocenters. The van der Waals surface area contributed by atoms with Crippen LogP contribution in [-0.2, 0) is 6.54 Å². The first-order valence-electron chi connectivity index (χ1n) is 4.91. The van der Waals surface area contributed by atoms with Gasteiger partial charge in [-0.1, -0.05) is 12.1 Å². The molecule has 0 amide bonds. The summed E-state index contributed by atoms with van der Waals surface area (Å²) in [5.74, 6) is -0.353. The van der Waals surface area contributed by atoms with Crippen LogP contribution in [0.15, 0.2) is 30.5 Å². The monoisotopic (exact) mass is 221 g/mol. The molecule has 0 aliphatic heterocycles. The number of benzene rings is 1. The average molecular weight is 221 g/mol. The van der Waals surface area contributed by atoms with E-state index in [2.05, 4.69) is 5.10 Å². The highest BCUT2D eigenvalue weighted by atomic mass is 19.1. The van der Waals surface area contributed by atoms with Crippen molar-refractivity contribution in [1.29, 1.82) is 0 Å². The molecule has 2 aromatic rings. The Bertz CT molecular complexity index is 496. The van der Waals surface area contributed by atoms with Gasteiger partial charge in [0.1, 0.15) is 5.82 Å². The predicted molar refractivity (Wildman–Crippen MR) is 59.1 cm³/mol. The molecule has 0 saturated carbocycles. The highest BCUT2D eigenvalue weighted by molar-refractivity contribution is 5.72. The minimum atomic E-state index is -0.353. The van der Waals surface area contributed by atoms with E-state index in [-0.39, 0.29) is 12.4 Å². The van der Waals surface area contributed by atoms with Gasteiger partial charge in [-0.2, -0.15) is 5.10 Å². The van der Waals surface area contributed by atoms with E-state index in [9.17, 15) is 4.39 Å². The van der Waals surface area contributed by atoms with E-state index >= 15 is 0 Å². The second-order valence-electron chi connectivity index (χ2n) is 3.38. The molecule has 0 radical (unpaired) electrons. The van der Waals surface area contributed by atoms with Crippen LogP contribution in [0.3, 0.4) is 0 Å². The second-order valence-corrected chi connectivity index (χ2v) is 3.38. The van der Waals surface area contributed by atoms with Gasteiger partial charge in [-0.3, -0.25) is 4.68 Å². The fourth-order valence-electron chi connectivity index (χ4n) is 1.61. The summed E-state index contributed by atoms with van der Waals surface area (Å²) in [5.41, 5.74) is 7.04. The molecule has 0 bridgehead atoms. The van der Waals surface area contributed by atoms with Crippen LogP contribution >= 0.6 is 0 Å². The standard InChI is InChI=1S/C11H12FN3O/c12-9-4-2-1-3-8(9)11-10(13)7-14-15(11)5-6-16/h1-4,7,16H,5-6,13H2. The Morgan fingerprint density at radius 2 is 2.12 bits per heavy atom. The van der Waals surface area contributed by atoms with Gasteiger partial charge in [-0.15, -0.1) is 0 Å². The van der Waals surface area contributed by atoms with Gasteiger partial charge in [-0.05, 0) is 12.1 Å². The molecule has 0 aliphatic carbocycles. The lowest BCUT2D eigenvalue weighted by Gasteiger charge is -2.07. The Kier molecular flexibility index (Phi) is 2.87.